The standard InChI is InChI=1S/C34H41ClN2O2/c1-34(2,3)28-19-16-25(17-20-28)18-21-32(38)37(24-27-12-9-13-29(35)22-27)31(23-26-10-5-4-6-11-26)33(39)36-30-14-7-8-15-30/h4-6,9-13,16-17,19-20,22,30-31H,7-8,14-15,18,21,23-24H2,1-3H3,(H,36,39)/t31-/m0/s1. The highest BCUT2D eigenvalue weighted by Gasteiger charge is 2.32. The lowest BCUT2D eigenvalue weighted by molar-refractivity contribution is -0.141. The molecule has 5 heteroatoms. The highest BCUT2D eigenvalue weighted by atomic mass is 35.5. The van der Waals surface area contributed by atoms with Crippen molar-refractivity contribution in [2.45, 2.75) is 89.8 Å². The summed E-state index contributed by atoms with van der Waals surface area (Å²) in [5, 5.41) is 3.89. The smallest absolute Gasteiger partial charge is 0.243 e. The van der Waals surface area contributed by atoms with Crippen LogP contribution < -0.4 is 5.32 Å². The van der Waals surface area contributed by atoms with Gasteiger partial charge < -0.3 is 10.2 Å². The maximum Gasteiger partial charge on any atom is 0.243 e. The number of nitrogens with zero attached hydrogens (tertiary/aromatic N) is 1. The summed E-state index contributed by atoms with van der Waals surface area (Å²) in [5.41, 5.74) is 4.42. The zero-order valence-corrected chi connectivity index (χ0v) is 24.2. The molecule has 3 aromatic carbocycles. The molecular weight excluding hydrogens is 504 g/mol. The number of hydrogen-bond acceptors (Lipinski definition) is 2. The third-order valence-corrected chi connectivity index (χ3v) is 7.90. The van der Waals surface area contributed by atoms with Gasteiger partial charge in [0.15, 0.2) is 0 Å². The number of amides is 2. The summed E-state index contributed by atoms with van der Waals surface area (Å²) >= 11 is 6.30. The molecule has 0 bridgehead atoms. The topological polar surface area (TPSA) is 49.4 Å². The number of halogens is 1. The summed E-state index contributed by atoms with van der Waals surface area (Å²) in [6.07, 6.45) is 5.68. The highest BCUT2D eigenvalue weighted by molar-refractivity contribution is 6.30. The summed E-state index contributed by atoms with van der Waals surface area (Å²) in [5.74, 6) is -0.104. The van der Waals surface area contributed by atoms with Crippen LogP contribution >= 0.6 is 11.6 Å². The molecule has 2 amide bonds. The largest absolute Gasteiger partial charge is 0.352 e. The third kappa shape index (κ3) is 8.44. The van der Waals surface area contributed by atoms with Crippen molar-refractivity contribution in [2.75, 3.05) is 0 Å². The van der Waals surface area contributed by atoms with Gasteiger partial charge in [0.1, 0.15) is 6.04 Å². The molecule has 1 atom stereocenters. The van der Waals surface area contributed by atoms with Crippen LogP contribution in [0.2, 0.25) is 5.02 Å². The van der Waals surface area contributed by atoms with E-state index in [1.165, 1.54) is 5.56 Å². The van der Waals surface area contributed by atoms with Gasteiger partial charge in [0, 0.05) is 30.5 Å². The highest BCUT2D eigenvalue weighted by Crippen LogP contribution is 2.24. The van der Waals surface area contributed by atoms with E-state index in [9.17, 15) is 9.59 Å². The van der Waals surface area contributed by atoms with Gasteiger partial charge in [-0.1, -0.05) is 112 Å². The van der Waals surface area contributed by atoms with Crippen molar-refractivity contribution in [2.24, 2.45) is 0 Å². The molecule has 0 saturated heterocycles. The molecule has 0 unspecified atom stereocenters. The molecule has 4 nitrogen and oxygen atoms in total. The molecule has 39 heavy (non-hydrogen) atoms. The average molecular weight is 545 g/mol. The van der Waals surface area contributed by atoms with Crippen molar-refractivity contribution >= 4 is 23.4 Å². The van der Waals surface area contributed by atoms with Crippen LogP contribution in [-0.2, 0) is 34.4 Å². The van der Waals surface area contributed by atoms with Gasteiger partial charge in [-0.2, -0.15) is 0 Å². The van der Waals surface area contributed by atoms with Gasteiger partial charge in [-0.25, -0.2) is 0 Å². The number of carbonyl (C=O) groups excluding carboxylic acids is 2. The van der Waals surface area contributed by atoms with Crippen LogP contribution in [0.1, 0.15) is 75.1 Å². The third-order valence-electron chi connectivity index (χ3n) is 7.66. The predicted molar refractivity (Wildman–Crippen MR) is 160 cm³/mol. The minimum Gasteiger partial charge on any atom is -0.352 e. The zero-order valence-electron chi connectivity index (χ0n) is 23.5. The predicted octanol–water partition coefficient (Wildman–Crippen LogP) is 7.27. The van der Waals surface area contributed by atoms with E-state index in [1.807, 2.05) is 54.6 Å². The Bertz CT molecular complexity index is 1230. The van der Waals surface area contributed by atoms with Crippen molar-refractivity contribution in [1.82, 2.24) is 10.2 Å². The molecule has 1 N–H and O–H groups in total. The first kappa shape index (κ1) is 28.9. The van der Waals surface area contributed by atoms with Gasteiger partial charge in [0.05, 0.1) is 0 Å². The van der Waals surface area contributed by atoms with E-state index < -0.39 is 6.04 Å². The first-order valence-corrected chi connectivity index (χ1v) is 14.5. The van der Waals surface area contributed by atoms with Crippen LogP contribution in [0.25, 0.3) is 0 Å². The fourth-order valence-corrected chi connectivity index (χ4v) is 5.53. The SMILES string of the molecule is CC(C)(C)c1ccc(CCC(=O)N(Cc2cccc(Cl)c2)[C@@H](Cc2ccccc2)C(=O)NC2CCCC2)cc1. The average Bonchev–Trinajstić information content (AvgIpc) is 3.42. The summed E-state index contributed by atoms with van der Waals surface area (Å²) < 4.78 is 0. The maximum atomic E-state index is 13.9. The van der Waals surface area contributed by atoms with Crippen molar-refractivity contribution in [1.29, 1.82) is 0 Å². The minimum atomic E-state index is -0.609. The van der Waals surface area contributed by atoms with Crippen LogP contribution in [0.15, 0.2) is 78.9 Å². The number of rotatable bonds is 10. The van der Waals surface area contributed by atoms with Gasteiger partial charge in [-0.3, -0.25) is 9.59 Å². The maximum absolute atomic E-state index is 13.9. The van der Waals surface area contributed by atoms with Gasteiger partial charge in [-0.15, -0.1) is 0 Å². The Hall–Kier alpha value is -3.11. The number of benzene rings is 3. The fraction of sp³-hybridized carbons (Fsp3) is 0.412. The summed E-state index contributed by atoms with van der Waals surface area (Å²) in [6.45, 7) is 6.92. The molecule has 1 aliphatic rings. The lowest BCUT2D eigenvalue weighted by Gasteiger charge is -2.32. The van der Waals surface area contributed by atoms with Crippen LogP contribution in [0.4, 0.5) is 0 Å². The Morgan fingerprint density at radius 3 is 2.21 bits per heavy atom. The molecule has 0 radical (unpaired) electrons. The van der Waals surface area contributed by atoms with Gasteiger partial charge in [-0.05, 0) is 59.1 Å². The fourth-order valence-electron chi connectivity index (χ4n) is 5.32. The summed E-state index contributed by atoms with van der Waals surface area (Å²) in [6, 6.07) is 25.6. The second-order valence-electron chi connectivity index (χ2n) is 11.8. The molecule has 1 fully saturated rings. The molecular formula is C34H41ClN2O2. The second kappa shape index (κ2) is 13.3. The Labute approximate surface area is 238 Å². The molecule has 0 aromatic heterocycles. The molecule has 1 aliphatic carbocycles. The van der Waals surface area contributed by atoms with Crippen LogP contribution in [0.3, 0.4) is 0 Å². The van der Waals surface area contributed by atoms with Gasteiger partial charge in [0.2, 0.25) is 11.8 Å². The Balaban J connectivity index is 1.58. The number of aryl methyl sites for hydroxylation is 1. The van der Waals surface area contributed by atoms with Crippen LogP contribution in [0.5, 0.6) is 0 Å². The molecule has 3 aromatic rings. The monoisotopic (exact) mass is 544 g/mol. The molecule has 1 saturated carbocycles. The number of hydrogen-bond donors (Lipinski definition) is 1. The quantitative estimate of drug-likeness (QED) is 0.292. The van der Waals surface area contributed by atoms with Crippen LogP contribution in [0, 0.1) is 0 Å². The van der Waals surface area contributed by atoms with Gasteiger partial charge in [0.25, 0.3) is 0 Å². The Morgan fingerprint density at radius 2 is 1.56 bits per heavy atom. The van der Waals surface area contributed by atoms with E-state index in [-0.39, 0.29) is 23.3 Å². The minimum absolute atomic E-state index is 0.0302. The first-order chi connectivity index (χ1) is 18.7. The second-order valence-corrected chi connectivity index (χ2v) is 12.2. The van der Waals surface area contributed by atoms with E-state index >= 15 is 0 Å². The van der Waals surface area contributed by atoms with Crippen molar-refractivity contribution in [3.63, 3.8) is 0 Å². The van der Waals surface area contributed by atoms with Crippen molar-refractivity contribution in [3.8, 4) is 0 Å². The lowest BCUT2D eigenvalue weighted by Crippen LogP contribution is -2.52. The summed E-state index contributed by atoms with van der Waals surface area (Å²) in [4.78, 5) is 29.5. The molecule has 206 valence electrons. The normalized spacial score (nSPS) is 14.7. The van der Waals surface area contributed by atoms with E-state index in [2.05, 4.69) is 50.4 Å². The lowest BCUT2D eigenvalue weighted by atomic mass is 9.86. The first-order valence-electron chi connectivity index (χ1n) is 14.2. The van der Waals surface area contributed by atoms with Crippen molar-refractivity contribution in [3.05, 3.63) is 106 Å². The molecule has 0 aliphatic heterocycles. The molecule has 0 spiro atoms. The van der Waals surface area contributed by atoms with E-state index in [4.69, 9.17) is 11.6 Å². The van der Waals surface area contributed by atoms with Gasteiger partial charge >= 0.3 is 0 Å². The Kier molecular flexibility index (Phi) is 9.85. The van der Waals surface area contributed by atoms with Crippen molar-refractivity contribution < 1.29 is 9.59 Å². The summed E-state index contributed by atoms with van der Waals surface area (Å²) in [7, 11) is 0. The Morgan fingerprint density at radius 1 is 0.897 bits per heavy atom. The van der Waals surface area contributed by atoms with E-state index in [0.717, 1.165) is 42.4 Å². The van der Waals surface area contributed by atoms with Crippen LogP contribution in [-0.4, -0.2) is 28.8 Å². The zero-order chi connectivity index (χ0) is 27.8. The van der Waals surface area contributed by atoms with E-state index in [0.29, 0.717) is 30.8 Å². The number of nitrogens with one attached hydrogen (secondary N) is 1. The molecule has 0 heterocycles. The molecule has 4 rings (SSSR count). The van der Waals surface area contributed by atoms with E-state index in [1.54, 1.807) is 4.90 Å². The number of carbonyl (C=O) groups is 2.